The van der Waals surface area contributed by atoms with E-state index in [2.05, 4.69) is 11.6 Å². The summed E-state index contributed by atoms with van der Waals surface area (Å²) >= 11 is 6.92. The summed E-state index contributed by atoms with van der Waals surface area (Å²) in [6, 6.07) is 6.18. The Labute approximate surface area is 288 Å². The molecular weight excluding hydrogens is 649 g/mol. The summed E-state index contributed by atoms with van der Waals surface area (Å²) < 4.78 is 16.8. The molecule has 49 heavy (non-hydrogen) atoms. The number of phenolic OH excluding ortho intramolecular Hbond substituents is 1. The number of amides is 2. The average molecular weight is 688 g/mol. The fraction of sp³-hybridized carbons (Fsp3) is 0.361. The highest BCUT2D eigenvalue weighted by Gasteiger charge is 2.47. The third-order valence-electron chi connectivity index (χ3n) is 9.28. The molecule has 11 nitrogen and oxygen atoms in total. The number of hydrogen-bond donors (Lipinski definition) is 1. The maximum Gasteiger partial charge on any atom is 0.283 e. The molecule has 1 aromatic carbocycles. The van der Waals surface area contributed by atoms with Crippen LogP contribution in [0.4, 0.5) is 15.8 Å². The second-order valence-electron chi connectivity index (χ2n) is 13.2. The van der Waals surface area contributed by atoms with Crippen molar-refractivity contribution >= 4 is 45.8 Å². The number of nitrogens with zero attached hydrogens (tertiary/aromatic N) is 7. The molecule has 1 saturated heterocycles. The van der Waals surface area contributed by atoms with Gasteiger partial charge in [0.05, 0.1) is 39.9 Å². The van der Waals surface area contributed by atoms with Crippen LogP contribution in [0.2, 0.25) is 5.02 Å². The van der Waals surface area contributed by atoms with E-state index in [0.717, 1.165) is 5.56 Å². The highest BCUT2D eigenvalue weighted by Crippen LogP contribution is 2.45. The number of aromatic nitrogens is 3. The second kappa shape index (κ2) is 12.9. The number of aromatic hydroxyl groups is 1. The van der Waals surface area contributed by atoms with E-state index in [1.165, 1.54) is 33.7 Å². The van der Waals surface area contributed by atoms with Gasteiger partial charge in [0.2, 0.25) is 5.91 Å². The molecule has 0 saturated carbocycles. The molecular formula is C36H39ClFN7O4. The molecule has 0 bridgehead atoms. The molecule has 0 unspecified atom stereocenters. The van der Waals surface area contributed by atoms with Crippen molar-refractivity contribution in [2.45, 2.75) is 45.7 Å². The number of likely N-dealkylation sites (N-methyl/N-ethyl adjacent to an activating group) is 1. The Morgan fingerprint density at radius 2 is 1.92 bits per heavy atom. The van der Waals surface area contributed by atoms with Crippen molar-refractivity contribution in [1.29, 1.82) is 0 Å². The molecule has 1 N–H and O–H groups in total. The summed E-state index contributed by atoms with van der Waals surface area (Å²) in [5.41, 5.74) is 1.85. The Morgan fingerprint density at radius 1 is 1.18 bits per heavy atom. The quantitative estimate of drug-likeness (QED) is 0.274. The van der Waals surface area contributed by atoms with E-state index in [4.69, 9.17) is 16.6 Å². The maximum absolute atomic E-state index is 15.3. The second-order valence-corrected chi connectivity index (χ2v) is 13.6. The first-order valence-corrected chi connectivity index (χ1v) is 16.5. The van der Waals surface area contributed by atoms with Gasteiger partial charge in [-0.3, -0.25) is 23.9 Å². The summed E-state index contributed by atoms with van der Waals surface area (Å²) in [5, 5.41) is 11.2. The minimum Gasteiger partial charge on any atom is -0.507 e. The molecule has 0 radical (unpaired) electrons. The fourth-order valence-electron chi connectivity index (χ4n) is 6.87. The number of anilines is 2. The van der Waals surface area contributed by atoms with Crippen LogP contribution in [0.5, 0.6) is 5.75 Å². The van der Waals surface area contributed by atoms with E-state index in [0.29, 0.717) is 29.0 Å². The number of phenols is 1. The van der Waals surface area contributed by atoms with Crippen LogP contribution < -0.4 is 15.4 Å². The topological polar surface area (TPSA) is 115 Å². The number of benzene rings is 1. The largest absolute Gasteiger partial charge is 0.507 e. The zero-order chi connectivity index (χ0) is 35.5. The van der Waals surface area contributed by atoms with Crippen molar-refractivity contribution in [3.8, 4) is 22.7 Å². The first-order valence-electron chi connectivity index (χ1n) is 16.2. The van der Waals surface area contributed by atoms with E-state index >= 15 is 9.18 Å². The predicted molar refractivity (Wildman–Crippen MR) is 189 cm³/mol. The number of halogens is 2. The first-order chi connectivity index (χ1) is 23.3. The third kappa shape index (κ3) is 5.62. The van der Waals surface area contributed by atoms with Crippen LogP contribution in [0.25, 0.3) is 28.0 Å². The van der Waals surface area contributed by atoms with Gasteiger partial charge in [0, 0.05) is 37.3 Å². The van der Waals surface area contributed by atoms with E-state index < -0.39 is 17.4 Å². The Balaban J connectivity index is 1.77. The Bertz CT molecular complexity index is 2060. The summed E-state index contributed by atoms with van der Waals surface area (Å²) in [7, 11) is 3.76. The van der Waals surface area contributed by atoms with Crippen LogP contribution in [-0.4, -0.2) is 93.6 Å². The summed E-state index contributed by atoms with van der Waals surface area (Å²) in [4.78, 5) is 59.0. The van der Waals surface area contributed by atoms with Gasteiger partial charge in [0.25, 0.3) is 11.5 Å². The Hall–Kier alpha value is -4.81. The van der Waals surface area contributed by atoms with Gasteiger partial charge in [-0.2, -0.15) is 0 Å². The molecule has 5 heterocycles. The van der Waals surface area contributed by atoms with Crippen molar-refractivity contribution in [2.75, 3.05) is 50.1 Å². The third-order valence-corrected chi connectivity index (χ3v) is 9.57. The minimum atomic E-state index is -0.811. The highest BCUT2D eigenvalue weighted by molar-refractivity contribution is 6.34. The Morgan fingerprint density at radius 3 is 2.57 bits per heavy atom. The molecule has 4 aromatic rings. The lowest BCUT2D eigenvalue weighted by atomic mass is 9.97. The van der Waals surface area contributed by atoms with E-state index in [1.54, 1.807) is 23.2 Å². The number of piperazine rings is 1. The average Bonchev–Trinajstić information content (AvgIpc) is 3.04. The standard InChI is InChI=1S/C36H39ClFN7O4/c1-8-27(47)43-18-25-35(48)42(15-14-41(6)7)33-32(44(25)17-21(43)5)22-16-23(37)30(28-24(38)10-9-11-26(28)46)40-34(22)45(36(33)49)31-20(4)12-13-39-29(31)19(2)3/h8-13,16,19,21,25,46H,1,14-15,17-18H2,2-7H3/t21-,25-/m1/s1. The molecule has 2 aliphatic heterocycles. The lowest BCUT2D eigenvalue weighted by molar-refractivity contribution is -0.130. The van der Waals surface area contributed by atoms with Crippen molar-refractivity contribution in [2.24, 2.45) is 0 Å². The molecule has 2 aliphatic rings. The number of aryl methyl sites for hydroxylation is 1. The van der Waals surface area contributed by atoms with Gasteiger partial charge in [0.15, 0.2) is 5.65 Å². The number of hydrogen-bond acceptors (Lipinski definition) is 8. The van der Waals surface area contributed by atoms with Crippen molar-refractivity contribution in [3.63, 3.8) is 0 Å². The molecule has 0 aliphatic carbocycles. The zero-order valence-corrected chi connectivity index (χ0v) is 29.1. The summed E-state index contributed by atoms with van der Waals surface area (Å²) in [5.74, 6) is -1.82. The SMILES string of the molecule is C=CC(=O)N1C[C@@H]2C(=O)N(CCN(C)C)c3c(c4cc(Cl)c(-c5c(O)cccc5F)nc4n(-c4c(C)ccnc4C(C)C)c3=O)N2C[C@H]1C. The molecule has 256 valence electrons. The van der Waals surface area contributed by atoms with Gasteiger partial charge in [0.1, 0.15) is 23.3 Å². The van der Waals surface area contributed by atoms with Gasteiger partial charge >= 0.3 is 0 Å². The normalized spacial score (nSPS) is 17.6. The van der Waals surface area contributed by atoms with Crippen molar-refractivity contribution in [1.82, 2.24) is 24.3 Å². The molecule has 6 rings (SSSR count). The van der Waals surface area contributed by atoms with Gasteiger partial charge in [-0.05, 0) is 69.8 Å². The molecule has 1 fully saturated rings. The lowest BCUT2D eigenvalue weighted by Crippen LogP contribution is -2.67. The van der Waals surface area contributed by atoms with Crippen LogP contribution in [0.3, 0.4) is 0 Å². The van der Waals surface area contributed by atoms with Crippen molar-refractivity contribution in [3.05, 3.63) is 81.6 Å². The smallest absolute Gasteiger partial charge is 0.283 e. The zero-order valence-electron chi connectivity index (χ0n) is 28.4. The Kier molecular flexibility index (Phi) is 8.97. The molecule has 13 heteroatoms. The van der Waals surface area contributed by atoms with Crippen LogP contribution in [0.1, 0.15) is 37.9 Å². The number of carbonyl (C=O) groups is 2. The van der Waals surface area contributed by atoms with Gasteiger partial charge in [-0.1, -0.05) is 38.1 Å². The maximum atomic E-state index is 15.3. The number of carbonyl (C=O) groups excluding carboxylic acids is 2. The van der Waals surface area contributed by atoms with E-state index in [-0.39, 0.29) is 76.8 Å². The van der Waals surface area contributed by atoms with Crippen LogP contribution in [0.15, 0.2) is 54.0 Å². The van der Waals surface area contributed by atoms with Gasteiger partial charge < -0.3 is 24.7 Å². The number of fused-ring (bicyclic) bond motifs is 5. The monoisotopic (exact) mass is 687 g/mol. The lowest BCUT2D eigenvalue weighted by Gasteiger charge is -2.50. The van der Waals surface area contributed by atoms with Crippen LogP contribution >= 0.6 is 11.6 Å². The fourth-order valence-corrected chi connectivity index (χ4v) is 7.12. The molecule has 3 aromatic heterocycles. The van der Waals surface area contributed by atoms with E-state index in [1.807, 2.05) is 51.6 Å². The first kappa shape index (κ1) is 34.1. The number of pyridine rings is 3. The minimum absolute atomic E-state index is 0.0362. The predicted octanol–water partition coefficient (Wildman–Crippen LogP) is 4.88. The molecule has 2 atom stereocenters. The summed E-state index contributed by atoms with van der Waals surface area (Å²) in [6.45, 7) is 12.3. The van der Waals surface area contributed by atoms with Gasteiger partial charge in [-0.15, -0.1) is 0 Å². The van der Waals surface area contributed by atoms with Crippen LogP contribution in [-0.2, 0) is 9.59 Å². The molecule has 0 spiro atoms. The highest BCUT2D eigenvalue weighted by atomic mass is 35.5. The van der Waals surface area contributed by atoms with Crippen molar-refractivity contribution < 1.29 is 19.1 Å². The van der Waals surface area contributed by atoms with Crippen LogP contribution in [0, 0.1) is 12.7 Å². The van der Waals surface area contributed by atoms with E-state index in [9.17, 15) is 14.7 Å². The van der Waals surface area contributed by atoms with Gasteiger partial charge in [-0.25, -0.2) is 9.37 Å². The molecule has 2 amide bonds. The summed E-state index contributed by atoms with van der Waals surface area (Å²) in [6.07, 6.45) is 2.91. The number of rotatable bonds is 7.